The minimum atomic E-state index is -0.157. The Balaban J connectivity index is 1.90. The van der Waals surface area contributed by atoms with Crippen LogP contribution in [0.1, 0.15) is 42.6 Å². The van der Waals surface area contributed by atoms with E-state index in [0.29, 0.717) is 11.6 Å². The predicted octanol–water partition coefficient (Wildman–Crippen LogP) is 2.38. The van der Waals surface area contributed by atoms with E-state index in [-0.39, 0.29) is 11.9 Å². The van der Waals surface area contributed by atoms with Gasteiger partial charge in [0.2, 0.25) is 5.95 Å². The van der Waals surface area contributed by atoms with Gasteiger partial charge >= 0.3 is 0 Å². The number of rotatable bonds is 3. The molecule has 0 saturated heterocycles. The first kappa shape index (κ1) is 12.0. The molecular formula is C13H16N4O2. The van der Waals surface area contributed by atoms with Crippen LogP contribution in [0.15, 0.2) is 29.2 Å². The molecule has 1 aliphatic rings. The highest BCUT2D eigenvalue weighted by Crippen LogP contribution is 2.26. The van der Waals surface area contributed by atoms with E-state index < -0.39 is 0 Å². The number of hydrogen-bond donors (Lipinski definition) is 1. The number of carbonyl (C=O) groups excluding carboxylic acids is 1. The molecule has 0 bridgehead atoms. The molecule has 2 aromatic heterocycles. The van der Waals surface area contributed by atoms with E-state index in [1.165, 1.54) is 12.7 Å². The topological polar surface area (TPSA) is 75.0 Å². The van der Waals surface area contributed by atoms with Crippen LogP contribution in [0.2, 0.25) is 0 Å². The Morgan fingerprint density at radius 1 is 1.37 bits per heavy atom. The Hall–Kier alpha value is -2.11. The lowest BCUT2D eigenvalue weighted by Gasteiger charge is -2.31. The highest BCUT2D eigenvalue weighted by molar-refractivity contribution is 6.04. The lowest BCUT2D eigenvalue weighted by atomic mass is 9.94. The van der Waals surface area contributed by atoms with Gasteiger partial charge in [0.25, 0.3) is 5.91 Å². The summed E-state index contributed by atoms with van der Waals surface area (Å²) < 4.78 is 4.76. The monoisotopic (exact) mass is 260 g/mol. The fourth-order valence-electron chi connectivity index (χ4n) is 2.61. The van der Waals surface area contributed by atoms with Crippen molar-refractivity contribution in [2.45, 2.75) is 38.1 Å². The van der Waals surface area contributed by atoms with Crippen LogP contribution in [0.25, 0.3) is 0 Å². The van der Waals surface area contributed by atoms with E-state index in [0.717, 1.165) is 25.7 Å². The molecule has 1 fully saturated rings. The summed E-state index contributed by atoms with van der Waals surface area (Å²) in [5.74, 6) is 0.426. The van der Waals surface area contributed by atoms with Gasteiger partial charge in [-0.1, -0.05) is 24.4 Å². The maximum atomic E-state index is 12.5. The number of hydrogen-bond acceptors (Lipinski definition) is 4. The van der Waals surface area contributed by atoms with Gasteiger partial charge < -0.3 is 9.51 Å². The molecule has 0 aliphatic heterocycles. The van der Waals surface area contributed by atoms with Gasteiger partial charge in [-0.05, 0) is 12.8 Å². The fraction of sp³-hybridized carbons (Fsp3) is 0.462. The number of aromatic amines is 1. The third-order valence-corrected chi connectivity index (χ3v) is 3.53. The largest absolute Gasteiger partial charge is 0.364 e. The molecule has 0 unspecified atom stereocenters. The maximum Gasteiger partial charge on any atom is 0.283 e. The van der Waals surface area contributed by atoms with Crippen LogP contribution >= 0.6 is 0 Å². The lowest BCUT2D eigenvalue weighted by Crippen LogP contribution is -2.42. The van der Waals surface area contributed by atoms with Crippen molar-refractivity contribution in [1.29, 1.82) is 0 Å². The van der Waals surface area contributed by atoms with Crippen molar-refractivity contribution in [1.82, 2.24) is 15.1 Å². The van der Waals surface area contributed by atoms with Crippen LogP contribution in [0, 0.1) is 0 Å². The Bertz CT molecular complexity index is 515. The molecular weight excluding hydrogens is 244 g/mol. The predicted molar refractivity (Wildman–Crippen MR) is 68.8 cm³/mol. The Kier molecular flexibility index (Phi) is 3.31. The SMILES string of the molecule is O=C(c1ccon1)N(c1ncc[nH]1)C1CCCCC1. The molecule has 0 atom stereocenters. The summed E-state index contributed by atoms with van der Waals surface area (Å²) >= 11 is 0. The molecule has 0 spiro atoms. The molecule has 1 aliphatic carbocycles. The molecule has 6 nitrogen and oxygen atoms in total. The number of H-pyrrole nitrogens is 1. The standard InChI is InChI=1S/C13H16N4O2/c18-12(11-6-9-19-16-11)17(13-14-7-8-15-13)10-4-2-1-3-5-10/h6-10H,1-5H2,(H,14,15). The van der Waals surface area contributed by atoms with Crippen LogP contribution in [0.4, 0.5) is 5.95 Å². The van der Waals surface area contributed by atoms with Crippen molar-refractivity contribution >= 4 is 11.9 Å². The summed E-state index contributed by atoms with van der Waals surface area (Å²) in [6.07, 6.45) is 10.3. The second-order valence-electron chi connectivity index (χ2n) is 4.76. The maximum absolute atomic E-state index is 12.5. The van der Waals surface area contributed by atoms with Gasteiger partial charge in [0.1, 0.15) is 6.26 Å². The average molecular weight is 260 g/mol. The van der Waals surface area contributed by atoms with E-state index in [1.807, 2.05) is 0 Å². The van der Waals surface area contributed by atoms with E-state index in [4.69, 9.17) is 4.52 Å². The zero-order chi connectivity index (χ0) is 13.1. The minimum absolute atomic E-state index is 0.157. The smallest absolute Gasteiger partial charge is 0.283 e. The Morgan fingerprint density at radius 3 is 2.84 bits per heavy atom. The van der Waals surface area contributed by atoms with E-state index in [9.17, 15) is 4.79 Å². The van der Waals surface area contributed by atoms with Gasteiger partial charge in [-0.15, -0.1) is 0 Å². The van der Waals surface area contributed by atoms with Gasteiger partial charge in [0.05, 0.1) is 0 Å². The van der Waals surface area contributed by atoms with Crippen LogP contribution < -0.4 is 4.90 Å². The third-order valence-electron chi connectivity index (χ3n) is 3.53. The first-order valence-corrected chi connectivity index (χ1v) is 6.59. The Labute approximate surface area is 110 Å². The van der Waals surface area contributed by atoms with Crippen molar-refractivity contribution < 1.29 is 9.32 Å². The van der Waals surface area contributed by atoms with Crippen LogP contribution in [-0.2, 0) is 0 Å². The molecule has 6 heteroatoms. The molecule has 0 aromatic carbocycles. The zero-order valence-electron chi connectivity index (χ0n) is 10.6. The zero-order valence-corrected chi connectivity index (χ0v) is 10.6. The molecule has 2 aromatic rings. The third kappa shape index (κ3) is 2.38. The summed E-state index contributed by atoms with van der Waals surface area (Å²) in [6.45, 7) is 0. The summed E-state index contributed by atoms with van der Waals surface area (Å²) in [5, 5.41) is 3.73. The van der Waals surface area contributed by atoms with E-state index in [1.54, 1.807) is 23.4 Å². The second-order valence-corrected chi connectivity index (χ2v) is 4.76. The fourth-order valence-corrected chi connectivity index (χ4v) is 2.61. The molecule has 1 amide bonds. The van der Waals surface area contributed by atoms with Crippen molar-refractivity contribution in [3.63, 3.8) is 0 Å². The van der Waals surface area contributed by atoms with Gasteiger partial charge in [0, 0.05) is 24.5 Å². The number of carbonyl (C=O) groups is 1. The number of aromatic nitrogens is 3. The molecule has 19 heavy (non-hydrogen) atoms. The van der Waals surface area contributed by atoms with E-state index >= 15 is 0 Å². The molecule has 100 valence electrons. The van der Waals surface area contributed by atoms with Gasteiger partial charge in [-0.3, -0.25) is 9.69 Å². The van der Waals surface area contributed by atoms with Crippen LogP contribution in [-0.4, -0.2) is 27.1 Å². The summed E-state index contributed by atoms with van der Waals surface area (Å²) in [7, 11) is 0. The molecule has 1 saturated carbocycles. The summed E-state index contributed by atoms with van der Waals surface area (Å²) in [4.78, 5) is 21.5. The van der Waals surface area contributed by atoms with Crippen molar-refractivity contribution in [3.05, 3.63) is 30.4 Å². The molecule has 0 radical (unpaired) electrons. The van der Waals surface area contributed by atoms with Crippen molar-refractivity contribution in [3.8, 4) is 0 Å². The summed E-state index contributed by atoms with van der Waals surface area (Å²) in [6, 6.07) is 1.77. The molecule has 3 rings (SSSR count). The number of nitrogens with one attached hydrogen (secondary N) is 1. The first-order valence-electron chi connectivity index (χ1n) is 6.59. The average Bonchev–Trinajstić information content (AvgIpc) is 3.13. The Morgan fingerprint density at radius 2 is 2.21 bits per heavy atom. The van der Waals surface area contributed by atoms with Crippen molar-refractivity contribution in [2.24, 2.45) is 0 Å². The summed E-state index contributed by atoms with van der Waals surface area (Å²) in [5.41, 5.74) is 0.321. The molecule has 2 heterocycles. The first-order chi connectivity index (χ1) is 9.36. The quantitative estimate of drug-likeness (QED) is 0.919. The number of anilines is 1. The normalized spacial score (nSPS) is 16.4. The highest BCUT2D eigenvalue weighted by atomic mass is 16.5. The van der Waals surface area contributed by atoms with Gasteiger partial charge in [-0.25, -0.2) is 4.98 Å². The van der Waals surface area contributed by atoms with Gasteiger partial charge in [-0.2, -0.15) is 0 Å². The highest BCUT2D eigenvalue weighted by Gasteiger charge is 2.30. The van der Waals surface area contributed by atoms with Crippen LogP contribution in [0.5, 0.6) is 0 Å². The second kappa shape index (κ2) is 5.26. The lowest BCUT2D eigenvalue weighted by molar-refractivity contribution is 0.0960. The number of amides is 1. The minimum Gasteiger partial charge on any atom is -0.364 e. The van der Waals surface area contributed by atoms with E-state index in [2.05, 4.69) is 15.1 Å². The van der Waals surface area contributed by atoms with Crippen LogP contribution in [0.3, 0.4) is 0 Å². The number of nitrogens with zero attached hydrogens (tertiary/aromatic N) is 3. The van der Waals surface area contributed by atoms with Gasteiger partial charge in [0.15, 0.2) is 5.69 Å². The number of imidazole rings is 1. The molecule has 1 N–H and O–H groups in total. The van der Waals surface area contributed by atoms with Crippen molar-refractivity contribution in [2.75, 3.05) is 4.90 Å².